The maximum Gasteiger partial charge on any atom is 0.336 e. The van der Waals surface area contributed by atoms with Gasteiger partial charge in [0.05, 0.1) is 5.69 Å². The van der Waals surface area contributed by atoms with Crippen LogP contribution in [0.25, 0.3) is 17.0 Å². The fourth-order valence-corrected chi connectivity index (χ4v) is 4.57. The number of nitrogens with zero attached hydrogens (tertiary/aromatic N) is 3. The van der Waals surface area contributed by atoms with E-state index in [4.69, 9.17) is 0 Å². The van der Waals surface area contributed by atoms with Crippen LogP contribution in [0.3, 0.4) is 0 Å². The van der Waals surface area contributed by atoms with Gasteiger partial charge in [0.1, 0.15) is 17.9 Å². The van der Waals surface area contributed by atoms with Crippen molar-refractivity contribution in [3.63, 3.8) is 0 Å². The Kier molecular flexibility index (Phi) is 5.90. The number of fused-ring (bicyclic) bond motifs is 1. The fourth-order valence-electron chi connectivity index (χ4n) is 4.57. The molecule has 2 fully saturated rings. The largest absolute Gasteiger partial charge is 0.341 e. The molecule has 2 aliphatic rings. The Balaban J connectivity index is 1.52. The third-order valence-corrected chi connectivity index (χ3v) is 6.33. The van der Waals surface area contributed by atoms with E-state index >= 15 is 0 Å². The van der Waals surface area contributed by atoms with Crippen LogP contribution >= 0.6 is 0 Å². The average molecular weight is 474 g/mol. The number of hydrogen-bond acceptors (Lipinski definition) is 4. The Hall–Kier alpha value is -4.27. The van der Waals surface area contributed by atoms with Gasteiger partial charge in [-0.15, -0.1) is 0 Å². The lowest BCUT2D eigenvalue weighted by Crippen LogP contribution is -2.54. The number of barbiturate groups is 1. The Bertz CT molecular complexity index is 1390. The van der Waals surface area contributed by atoms with Crippen molar-refractivity contribution in [2.24, 2.45) is 0 Å². The van der Waals surface area contributed by atoms with Crippen molar-refractivity contribution >= 4 is 46.4 Å². The molecule has 2 aromatic carbocycles. The molecule has 0 atom stereocenters. The normalized spacial score (nSPS) is 17.9. The van der Waals surface area contributed by atoms with Gasteiger partial charge in [0.15, 0.2) is 0 Å². The summed E-state index contributed by atoms with van der Waals surface area (Å²) in [6, 6.07) is 11.7. The van der Waals surface area contributed by atoms with Crippen LogP contribution in [-0.4, -0.2) is 46.3 Å². The molecule has 1 N–H and O–H groups in total. The fraction of sp³-hybridized carbons (Fsp3) is 0.231. The van der Waals surface area contributed by atoms with Gasteiger partial charge in [0.2, 0.25) is 5.91 Å². The number of anilines is 1. The minimum Gasteiger partial charge on any atom is -0.341 e. The molecule has 0 saturated carbocycles. The number of carbonyl (C=O) groups excluding carboxylic acids is 4. The van der Waals surface area contributed by atoms with Gasteiger partial charge >= 0.3 is 6.03 Å². The number of carbonyl (C=O) groups is 4. The quantitative estimate of drug-likeness (QED) is 0.463. The first-order chi connectivity index (χ1) is 16.9. The molecule has 0 spiro atoms. The summed E-state index contributed by atoms with van der Waals surface area (Å²) in [5.41, 5.74) is 0.754. The predicted molar refractivity (Wildman–Crippen MR) is 128 cm³/mol. The van der Waals surface area contributed by atoms with Crippen LogP contribution in [0, 0.1) is 5.82 Å². The highest BCUT2D eigenvalue weighted by Gasteiger charge is 2.38. The molecule has 1 aromatic heterocycles. The van der Waals surface area contributed by atoms with Gasteiger partial charge in [-0.25, -0.2) is 14.1 Å². The standard InChI is InChI=1S/C26H23FN4O4/c27-20-9-3-5-11-22(20)31-25(34)19(24(33)28-26(31)35)14-17-15-30(21-10-4-2-8-18(17)21)16-23(32)29-12-6-1-7-13-29/h2-5,8-11,14-15H,1,6-7,12-13,16H2,(H,28,33,35). The summed E-state index contributed by atoms with van der Waals surface area (Å²) < 4.78 is 16.1. The number of amides is 5. The van der Waals surface area contributed by atoms with Crippen molar-refractivity contribution in [3.8, 4) is 0 Å². The lowest BCUT2D eigenvalue weighted by atomic mass is 10.1. The number of halogens is 1. The van der Waals surface area contributed by atoms with E-state index in [0.29, 0.717) is 10.5 Å². The molecule has 5 amide bonds. The Labute approximate surface area is 200 Å². The average Bonchev–Trinajstić information content (AvgIpc) is 3.20. The Morgan fingerprint density at radius 2 is 1.69 bits per heavy atom. The van der Waals surface area contributed by atoms with Crippen LogP contribution < -0.4 is 10.2 Å². The monoisotopic (exact) mass is 474 g/mol. The molecular weight excluding hydrogens is 451 g/mol. The van der Waals surface area contributed by atoms with Crippen LogP contribution in [-0.2, 0) is 20.9 Å². The second-order valence-corrected chi connectivity index (χ2v) is 8.58. The number of hydrogen-bond donors (Lipinski definition) is 1. The van der Waals surface area contributed by atoms with Crippen LogP contribution in [0.4, 0.5) is 14.9 Å². The van der Waals surface area contributed by atoms with E-state index in [1.54, 1.807) is 10.8 Å². The first-order valence-corrected chi connectivity index (χ1v) is 11.5. The minimum absolute atomic E-state index is 0.00691. The number of nitrogens with one attached hydrogen (secondary N) is 1. The van der Waals surface area contributed by atoms with Crippen LogP contribution in [0.2, 0.25) is 0 Å². The summed E-state index contributed by atoms with van der Waals surface area (Å²) >= 11 is 0. The maximum atomic E-state index is 14.3. The van der Waals surface area contributed by atoms with E-state index in [9.17, 15) is 23.6 Å². The van der Waals surface area contributed by atoms with Gasteiger partial charge in [0, 0.05) is 35.8 Å². The van der Waals surface area contributed by atoms with Gasteiger partial charge in [-0.1, -0.05) is 30.3 Å². The van der Waals surface area contributed by atoms with E-state index in [1.165, 1.54) is 24.3 Å². The molecule has 0 unspecified atom stereocenters. The zero-order valence-corrected chi connectivity index (χ0v) is 18.9. The summed E-state index contributed by atoms with van der Waals surface area (Å²) in [5.74, 6) is -2.55. The highest BCUT2D eigenvalue weighted by atomic mass is 19.1. The van der Waals surface area contributed by atoms with Crippen LogP contribution in [0.1, 0.15) is 24.8 Å². The molecule has 3 heterocycles. The molecule has 5 rings (SSSR count). The SMILES string of the molecule is O=C1NC(=O)N(c2ccccc2F)C(=O)C1=Cc1cn(CC(=O)N2CCCCC2)c2ccccc12. The maximum absolute atomic E-state index is 14.3. The summed E-state index contributed by atoms with van der Waals surface area (Å²) in [6.45, 7) is 1.61. The van der Waals surface area contributed by atoms with E-state index in [-0.39, 0.29) is 23.7 Å². The minimum atomic E-state index is -1.02. The van der Waals surface area contributed by atoms with Gasteiger partial charge < -0.3 is 9.47 Å². The van der Waals surface area contributed by atoms with Crippen molar-refractivity contribution < 1.29 is 23.6 Å². The number of aromatic nitrogens is 1. The summed E-state index contributed by atoms with van der Waals surface area (Å²) in [7, 11) is 0. The second-order valence-electron chi connectivity index (χ2n) is 8.58. The van der Waals surface area contributed by atoms with E-state index < -0.39 is 23.7 Å². The second kappa shape index (κ2) is 9.17. The van der Waals surface area contributed by atoms with Gasteiger partial charge in [-0.3, -0.25) is 19.7 Å². The lowest BCUT2D eigenvalue weighted by Gasteiger charge is -2.27. The van der Waals surface area contributed by atoms with Crippen molar-refractivity contribution in [3.05, 3.63) is 71.7 Å². The highest BCUT2D eigenvalue weighted by molar-refractivity contribution is 6.39. The number of urea groups is 1. The highest BCUT2D eigenvalue weighted by Crippen LogP contribution is 2.28. The molecule has 178 valence electrons. The van der Waals surface area contributed by atoms with Crippen molar-refractivity contribution in [2.45, 2.75) is 25.8 Å². The third-order valence-electron chi connectivity index (χ3n) is 6.33. The van der Waals surface area contributed by atoms with Gasteiger partial charge in [0.25, 0.3) is 11.8 Å². The first-order valence-electron chi connectivity index (χ1n) is 11.5. The van der Waals surface area contributed by atoms with Gasteiger partial charge in [-0.05, 0) is 43.5 Å². The lowest BCUT2D eigenvalue weighted by molar-refractivity contribution is -0.132. The van der Waals surface area contributed by atoms with Crippen LogP contribution in [0.15, 0.2) is 60.3 Å². The predicted octanol–water partition coefficient (Wildman–Crippen LogP) is 3.46. The molecule has 8 nitrogen and oxygen atoms in total. The van der Waals surface area contributed by atoms with Crippen molar-refractivity contribution in [1.29, 1.82) is 0 Å². The summed E-state index contributed by atoms with van der Waals surface area (Å²) in [4.78, 5) is 53.5. The number of para-hydroxylation sites is 2. The Morgan fingerprint density at radius 1 is 0.971 bits per heavy atom. The van der Waals surface area contributed by atoms with E-state index in [2.05, 4.69) is 5.32 Å². The van der Waals surface area contributed by atoms with E-state index in [0.717, 1.165) is 49.3 Å². The van der Waals surface area contributed by atoms with Gasteiger partial charge in [-0.2, -0.15) is 0 Å². The Morgan fingerprint density at radius 3 is 2.46 bits per heavy atom. The number of benzene rings is 2. The molecule has 0 radical (unpaired) electrons. The number of likely N-dealkylation sites (tertiary alicyclic amines) is 1. The van der Waals surface area contributed by atoms with Crippen molar-refractivity contribution in [1.82, 2.24) is 14.8 Å². The number of rotatable bonds is 4. The molecule has 35 heavy (non-hydrogen) atoms. The summed E-state index contributed by atoms with van der Waals surface area (Å²) in [6.07, 6.45) is 6.19. The first kappa shape index (κ1) is 22.5. The number of piperidine rings is 1. The molecular formula is C26H23FN4O4. The van der Waals surface area contributed by atoms with Crippen molar-refractivity contribution in [2.75, 3.05) is 18.0 Å². The third kappa shape index (κ3) is 4.21. The van der Waals surface area contributed by atoms with Crippen LogP contribution in [0.5, 0.6) is 0 Å². The smallest absolute Gasteiger partial charge is 0.336 e. The summed E-state index contributed by atoms with van der Waals surface area (Å²) in [5, 5.41) is 2.85. The molecule has 0 bridgehead atoms. The molecule has 0 aliphatic carbocycles. The zero-order chi connectivity index (χ0) is 24.5. The topological polar surface area (TPSA) is 91.7 Å². The molecule has 2 aliphatic heterocycles. The molecule has 3 aromatic rings. The van der Waals surface area contributed by atoms with E-state index in [1.807, 2.05) is 29.2 Å². The number of imide groups is 2. The molecule has 9 heteroatoms. The molecule has 2 saturated heterocycles. The zero-order valence-electron chi connectivity index (χ0n) is 18.9.